The topological polar surface area (TPSA) is 63.1 Å². The van der Waals surface area contributed by atoms with Gasteiger partial charge in [-0.1, -0.05) is 6.92 Å². The minimum absolute atomic E-state index is 0.109. The summed E-state index contributed by atoms with van der Waals surface area (Å²) in [6.07, 6.45) is 1.83. The first kappa shape index (κ1) is 8.93. The predicted molar refractivity (Wildman–Crippen MR) is 52.3 cm³/mol. The Hall–Kier alpha value is -1.65. The lowest BCUT2D eigenvalue weighted by Gasteiger charge is -1.90. The second kappa shape index (κ2) is 3.25. The normalized spacial score (nSPS) is 11.0. The molecule has 5 nitrogen and oxygen atoms in total. The van der Waals surface area contributed by atoms with Crippen LogP contribution < -0.4 is 5.56 Å². The molecule has 0 bridgehead atoms. The molecule has 0 spiro atoms. The van der Waals surface area contributed by atoms with Gasteiger partial charge in [0.15, 0.2) is 0 Å². The second-order valence-electron chi connectivity index (χ2n) is 3.29. The molecule has 0 radical (unpaired) electrons. The lowest BCUT2D eigenvalue weighted by atomic mass is 10.3. The van der Waals surface area contributed by atoms with Gasteiger partial charge in [0, 0.05) is 18.2 Å². The summed E-state index contributed by atoms with van der Waals surface area (Å²) in [7, 11) is 0. The molecular weight excluding hydrogens is 180 g/mol. The molecule has 0 aliphatic carbocycles. The van der Waals surface area contributed by atoms with E-state index >= 15 is 0 Å². The van der Waals surface area contributed by atoms with E-state index in [1.807, 2.05) is 0 Å². The highest BCUT2D eigenvalue weighted by Gasteiger charge is 2.04. The molecular formula is C9H12N4O. The first-order chi connectivity index (χ1) is 6.70. The average molecular weight is 192 g/mol. The molecule has 14 heavy (non-hydrogen) atoms. The van der Waals surface area contributed by atoms with E-state index in [9.17, 15) is 4.79 Å². The van der Waals surface area contributed by atoms with Gasteiger partial charge in [-0.25, -0.2) is 4.98 Å². The van der Waals surface area contributed by atoms with E-state index in [2.05, 4.69) is 22.0 Å². The van der Waals surface area contributed by atoms with Crippen LogP contribution in [0.4, 0.5) is 0 Å². The van der Waals surface area contributed by atoms with E-state index in [0.29, 0.717) is 11.5 Å². The van der Waals surface area contributed by atoms with Crippen molar-refractivity contribution in [3.63, 3.8) is 0 Å². The van der Waals surface area contributed by atoms with Crippen LogP contribution in [-0.4, -0.2) is 19.6 Å². The summed E-state index contributed by atoms with van der Waals surface area (Å²) in [6.45, 7) is 3.85. The van der Waals surface area contributed by atoms with Gasteiger partial charge in [0.25, 0.3) is 11.3 Å². The average Bonchev–Trinajstić information content (AvgIpc) is 2.48. The number of nitrogens with one attached hydrogen (secondary N) is 1. The van der Waals surface area contributed by atoms with Crippen LogP contribution in [0.25, 0.3) is 5.78 Å². The number of aryl methyl sites for hydroxylation is 2. The third kappa shape index (κ3) is 1.41. The van der Waals surface area contributed by atoms with Gasteiger partial charge in [-0.15, -0.1) is 0 Å². The van der Waals surface area contributed by atoms with Crippen molar-refractivity contribution in [1.82, 2.24) is 19.6 Å². The highest BCUT2D eigenvalue weighted by atomic mass is 16.1. The molecule has 2 heterocycles. The van der Waals surface area contributed by atoms with Crippen molar-refractivity contribution in [3.05, 3.63) is 27.9 Å². The lowest BCUT2D eigenvalue weighted by molar-refractivity contribution is 0.805. The molecule has 0 aliphatic rings. The highest BCUT2D eigenvalue weighted by molar-refractivity contribution is 5.27. The van der Waals surface area contributed by atoms with Crippen LogP contribution in [0, 0.1) is 6.92 Å². The Kier molecular flexibility index (Phi) is 2.07. The Morgan fingerprint density at radius 3 is 3.00 bits per heavy atom. The quantitative estimate of drug-likeness (QED) is 0.761. The summed E-state index contributed by atoms with van der Waals surface area (Å²) >= 11 is 0. The molecule has 2 aromatic heterocycles. The fourth-order valence-corrected chi connectivity index (χ4v) is 1.39. The Morgan fingerprint density at radius 2 is 2.29 bits per heavy atom. The summed E-state index contributed by atoms with van der Waals surface area (Å²) in [4.78, 5) is 19.8. The molecule has 1 N–H and O–H groups in total. The molecule has 0 saturated heterocycles. The van der Waals surface area contributed by atoms with Crippen molar-refractivity contribution in [3.8, 4) is 0 Å². The van der Waals surface area contributed by atoms with Gasteiger partial charge in [0.05, 0.1) is 0 Å². The van der Waals surface area contributed by atoms with Crippen LogP contribution in [0.2, 0.25) is 0 Å². The number of aromatic nitrogens is 4. The maximum Gasteiger partial charge on any atom is 0.274 e. The van der Waals surface area contributed by atoms with Gasteiger partial charge < -0.3 is 0 Å². The molecule has 74 valence electrons. The minimum atomic E-state index is -0.109. The number of rotatable bonds is 2. The van der Waals surface area contributed by atoms with Crippen LogP contribution in [0.5, 0.6) is 0 Å². The van der Waals surface area contributed by atoms with Crippen molar-refractivity contribution in [1.29, 1.82) is 0 Å². The Morgan fingerprint density at radius 1 is 1.50 bits per heavy atom. The number of hydrogen-bond acceptors (Lipinski definition) is 3. The van der Waals surface area contributed by atoms with Crippen LogP contribution in [0.1, 0.15) is 24.9 Å². The van der Waals surface area contributed by atoms with Crippen LogP contribution in [0.15, 0.2) is 10.9 Å². The molecule has 5 heteroatoms. The van der Waals surface area contributed by atoms with E-state index in [4.69, 9.17) is 0 Å². The number of H-pyrrole nitrogens is 1. The Labute approximate surface area is 80.8 Å². The van der Waals surface area contributed by atoms with Gasteiger partial charge in [-0.2, -0.15) is 9.50 Å². The summed E-state index contributed by atoms with van der Waals surface area (Å²) in [5, 5.41) is 2.92. The number of fused-ring (bicyclic) bond motifs is 1. The molecule has 2 aromatic rings. The molecule has 0 fully saturated rings. The number of hydrogen-bond donors (Lipinski definition) is 1. The highest BCUT2D eigenvalue weighted by Crippen LogP contribution is 1.98. The molecule has 0 aliphatic heterocycles. The maximum absolute atomic E-state index is 11.5. The van der Waals surface area contributed by atoms with Crippen molar-refractivity contribution in [2.24, 2.45) is 0 Å². The third-order valence-electron chi connectivity index (χ3n) is 1.99. The minimum Gasteiger partial charge on any atom is -0.275 e. The number of aromatic amines is 1. The van der Waals surface area contributed by atoms with Gasteiger partial charge in [0.2, 0.25) is 0 Å². The SMILES string of the molecule is CCCc1nc2nc(C)cc(=O)n2[nH]1. The van der Waals surface area contributed by atoms with Crippen molar-refractivity contribution in [2.45, 2.75) is 26.7 Å². The van der Waals surface area contributed by atoms with Gasteiger partial charge in [0.1, 0.15) is 5.82 Å². The molecule has 0 aromatic carbocycles. The molecule has 0 unspecified atom stereocenters. The maximum atomic E-state index is 11.5. The first-order valence-electron chi connectivity index (χ1n) is 4.66. The van der Waals surface area contributed by atoms with Gasteiger partial charge >= 0.3 is 0 Å². The summed E-state index contributed by atoms with van der Waals surface area (Å²) < 4.78 is 1.37. The van der Waals surface area contributed by atoms with Gasteiger partial charge in [-0.3, -0.25) is 9.89 Å². The van der Waals surface area contributed by atoms with E-state index in [0.717, 1.165) is 18.7 Å². The van der Waals surface area contributed by atoms with Crippen LogP contribution in [0.3, 0.4) is 0 Å². The molecule has 0 saturated carbocycles. The molecule has 2 rings (SSSR count). The zero-order chi connectivity index (χ0) is 10.1. The largest absolute Gasteiger partial charge is 0.275 e. The lowest BCUT2D eigenvalue weighted by Crippen LogP contribution is -2.14. The van der Waals surface area contributed by atoms with Crippen molar-refractivity contribution < 1.29 is 0 Å². The van der Waals surface area contributed by atoms with E-state index in [-0.39, 0.29) is 5.56 Å². The first-order valence-corrected chi connectivity index (χ1v) is 4.66. The third-order valence-corrected chi connectivity index (χ3v) is 1.99. The predicted octanol–water partition coefficient (Wildman–Crippen LogP) is 0.679. The van der Waals surface area contributed by atoms with Crippen LogP contribution in [-0.2, 0) is 6.42 Å². The smallest absolute Gasteiger partial charge is 0.274 e. The zero-order valence-electron chi connectivity index (χ0n) is 8.24. The molecule has 0 atom stereocenters. The summed E-state index contributed by atoms with van der Waals surface area (Å²) in [6, 6.07) is 1.49. The van der Waals surface area contributed by atoms with Crippen molar-refractivity contribution in [2.75, 3.05) is 0 Å². The zero-order valence-corrected chi connectivity index (χ0v) is 8.24. The van der Waals surface area contributed by atoms with Crippen LogP contribution >= 0.6 is 0 Å². The standard InChI is InChI=1S/C9H12N4O/c1-3-4-7-11-9-10-6(2)5-8(14)13(9)12-7/h5H,3-4H2,1-2H3,(H,10,11,12). The Balaban J connectivity index is 2.65. The van der Waals surface area contributed by atoms with E-state index < -0.39 is 0 Å². The molecule has 0 amide bonds. The fourth-order valence-electron chi connectivity index (χ4n) is 1.39. The summed E-state index contributed by atoms with van der Waals surface area (Å²) in [5.74, 6) is 1.26. The fraction of sp³-hybridized carbons (Fsp3) is 0.444. The summed E-state index contributed by atoms with van der Waals surface area (Å²) in [5.41, 5.74) is 0.590. The number of nitrogens with zero attached hydrogens (tertiary/aromatic N) is 3. The van der Waals surface area contributed by atoms with Gasteiger partial charge in [-0.05, 0) is 13.3 Å². The van der Waals surface area contributed by atoms with Crippen molar-refractivity contribution >= 4 is 5.78 Å². The second-order valence-corrected chi connectivity index (χ2v) is 3.29. The Bertz CT molecular complexity index is 511. The van der Waals surface area contributed by atoms with E-state index in [1.165, 1.54) is 10.6 Å². The monoisotopic (exact) mass is 192 g/mol. The van der Waals surface area contributed by atoms with E-state index in [1.54, 1.807) is 6.92 Å².